The molecular formula is C16H16BrClN2O. The summed E-state index contributed by atoms with van der Waals surface area (Å²) in [5, 5.41) is 0.667. The molecule has 2 aromatic carbocycles. The van der Waals surface area contributed by atoms with Crippen molar-refractivity contribution in [2.45, 2.75) is 18.9 Å². The Morgan fingerprint density at radius 3 is 2.86 bits per heavy atom. The second-order valence-corrected chi connectivity index (χ2v) is 6.38. The molecule has 0 aliphatic carbocycles. The van der Waals surface area contributed by atoms with Crippen molar-refractivity contribution in [2.24, 2.45) is 5.84 Å². The van der Waals surface area contributed by atoms with Gasteiger partial charge in [0, 0.05) is 15.1 Å². The first-order chi connectivity index (χ1) is 10.2. The number of hydrogen-bond acceptors (Lipinski definition) is 3. The topological polar surface area (TPSA) is 47.3 Å². The van der Waals surface area contributed by atoms with Crippen LogP contribution in [0.15, 0.2) is 40.9 Å². The van der Waals surface area contributed by atoms with E-state index in [1.165, 1.54) is 5.56 Å². The van der Waals surface area contributed by atoms with Crippen LogP contribution in [0.4, 0.5) is 0 Å². The minimum absolute atomic E-state index is 0.196. The maximum Gasteiger partial charge on any atom is 0.127 e. The van der Waals surface area contributed by atoms with E-state index in [9.17, 15) is 0 Å². The van der Waals surface area contributed by atoms with E-state index in [1.807, 2.05) is 30.3 Å². The maximum atomic E-state index is 6.37. The fourth-order valence-electron chi connectivity index (χ4n) is 2.72. The van der Waals surface area contributed by atoms with Gasteiger partial charge in [0.05, 0.1) is 12.6 Å². The normalized spacial score (nSPS) is 15.2. The number of para-hydroxylation sites is 1. The lowest BCUT2D eigenvalue weighted by atomic mass is 9.94. The number of ether oxygens (including phenoxy) is 1. The van der Waals surface area contributed by atoms with Crippen LogP contribution in [-0.2, 0) is 6.42 Å². The Morgan fingerprint density at radius 2 is 2.10 bits per heavy atom. The minimum Gasteiger partial charge on any atom is -0.493 e. The zero-order valence-corrected chi connectivity index (χ0v) is 13.7. The molecule has 0 spiro atoms. The van der Waals surface area contributed by atoms with Crippen LogP contribution >= 0.6 is 27.5 Å². The Labute approximate surface area is 137 Å². The molecule has 0 fully saturated rings. The Hall–Kier alpha value is -1.07. The van der Waals surface area contributed by atoms with E-state index in [0.29, 0.717) is 5.02 Å². The number of aryl methyl sites for hydroxylation is 1. The van der Waals surface area contributed by atoms with Gasteiger partial charge < -0.3 is 4.74 Å². The number of fused-ring (bicyclic) bond motifs is 1. The molecule has 0 saturated heterocycles. The SMILES string of the molecule is NNC(c1ccc(Br)cc1Cl)c1cccc2c1OCCC2. The monoisotopic (exact) mass is 366 g/mol. The summed E-state index contributed by atoms with van der Waals surface area (Å²) in [7, 11) is 0. The average Bonchev–Trinajstić information content (AvgIpc) is 2.50. The molecule has 2 aromatic rings. The quantitative estimate of drug-likeness (QED) is 0.637. The number of halogens is 2. The van der Waals surface area contributed by atoms with E-state index in [2.05, 4.69) is 27.4 Å². The number of rotatable bonds is 3. The van der Waals surface area contributed by atoms with Crippen LogP contribution < -0.4 is 16.0 Å². The van der Waals surface area contributed by atoms with Crippen molar-refractivity contribution >= 4 is 27.5 Å². The molecule has 1 aliphatic rings. The summed E-state index contributed by atoms with van der Waals surface area (Å²) < 4.78 is 6.82. The van der Waals surface area contributed by atoms with Gasteiger partial charge in [-0.05, 0) is 36.1 Å². The van der Waals surface area contributed by atoms with Gasteiger partial charge in [0.15, 0.2) is 0 Å². The summed E-state index contributed by atoms with van der Waals surface area (Å²) in [5.74, 6) is 6.74. The van der Waals surface area contributed by atoms with Crippen molar-refractivity contribution in [3.8, 4) is 5.75 Å². The molecule has 1 heterocycles. The lowest BCUT2D eigenvalue weighted by Crippen LogP contribution is -2.30. The zero-order valence-electron chi connectivity index (χ0n) is 11.4. The summed E-state index contributed by atoms with van der Waals surface area (Å²) in [4.78, 5) is 0. The summed E-state index contributed by atoms with van der Waals surface area (Å²) in [6, 6.07) is 11.8. The van der Waals surface area contributed by atoms with Crippen molar-refractivity contribution in [3.05, 3.63) is 62.6 Å². The van der Waals surface area contributed by atoms with Crippen LogP contribution in [0.25, 0.3) is 0 Å². The molecule has 110 valence electrons. The van der Waals surface area contributed by atoms with Gasteiger partial charge in [-0.1, -0.05) is 51.8 Å². The molecule has 21 heavy (non-hydrogen) atoms. The van der Waals surface area contributed by atoms with Crippen molar-refractivity contribution in [3.63, 3.8) is 0 Å². The summed E-state index contributed by atoms with van der Waals surface area (Å²) in [6.45, 7) is 0.745. The lowest BCUT2D eigenvalue weighted by molar-refractivity contribution is 0.283. The third-order valence-electron chi connectivity index (χ3n) is 3.72. The Morgan fingerprint density at radius 1 is 1.24 bits per heavy atom. The van der Waals surface area contributed by atoms with Gasteiger partial charge in [-0.3, -0.25) is 5.84 Å². The van der Waals surface area contributed by atoms with Gasteiger partial charge in [0.2, 0.25) is 0 Å². The molecule has 0 radical (unpaired) electrons. The van der Waals surface area contributed by atoms with Gasteiger partial charge in [0.1, 0.15) is 5.75 Å². The first-order valence-electron chi connectivity index (χ1n) is 6.86. The molecule has 0 aromatic heterocycles. The highest BCUT2D eigenvalue weighted by molar-refractivity contribution is 9.10. The highest BCUT2D eigenvalue weighted by atomic mass is 79.9. The number of nitrogens with two attached hydrogens (primary N) is 1. The van der Waals surface area contributed by atoms with Gasteiger partial charge in [0.25, 0.3) is 0 Å². The summed E-state index contributed by atoms with van der Waals surface area (Å²) >= 11 is 9.79. The molecule has 1 aliphatic heterocycles. The Kier molecular flexibility index (Phi) is 4.50. The average molecular weight is 368 g/mol. The molecule has 1 atom stereocenters. The van der Waals surface area contributed by atoms with E-state index >= 15 is 0 Å². The summed E-state index contributed by atoms with van der Waals surface area (Å²) in [5.41, 5.74) is 6.06. The lowest BCUT2D eigenvalue weighted by Gasteiger charge is -2.25. The highest BCUT2D eigenvalue weighted by Crippen LogP contribution is 2.37. The second-order valence-electron chi connectivity index (χ2n) is 5.05. The number of benzene rings is 2. The second kappa shape index (κ2) is 6.36. The van der Waals surface area contributed by atoms with Gasteiger partial charge >= 0.3 is 0 Å². The molecule has 3 nitrogen and oxygen atoms in total. The highest BCUT2D eigenvalue weighted by Gasteiger charge is 2.23. The smallest absolute Gasteiger partial charge is 0.127 e. The van der Waals surface area contributed by atoms with Crippen molar-refractivity contribution < 1.29 is 4.74 Å². The molecule has 3 rings (SSSR count). The largest absolute Gasteiger partial charge is 0.493 e. The van der Waals surface area contributed by atoms with Crippen LogP contribution in [0, 0.1) is 0 Å². The predicted molar refractivity (Wildman–Crippen MR) is 88.6 cm³/mol. The van der Waals surface area contributed by atoms with Gasteiger partial charge in [-0.25, -0.2) is 5.43 Å². The van der Waals surface area contributed by atoms with Gasteiger partial charge in [-0.15, -0.1) is 0 Å². The fraction of sp³-hybridized carbons (Fsp3) is 0.250. The molecule has 0 bridgehead atoms. The third-order valence-corrected chi connectivity index (χ3v) is 4.54. The van der Waals surface area contributed by atoms with E-state index in [1.54, 1.807) is 0 Å². The van der Waals surface area contributed by atoms with Crippen LogP contribution in [0.5, 0.6) is 5.75 Å². The van der Waals surface area contributed by atoms with Crippen molar-refractivity contribution in [1.29, 1.82) is 0 Å². The number of hydrogen-bond donors (Lipinski definition) is 2. The van der Waals surface area contributed by atoms with E-state index in [-0.39, 0.29) is 6.04 Å². The number of nitrogens with one attached hydrogen (secondary N) is 1. The Bertz CT molecular complexity index is 663. The maximum absolute atomic E-state index is 6.37. The summed E-state index contributed by atoms with van der Waals surface area (Å²) in [6.07, 6.45) is 2.09. The predicted octanol–water partition coefficient (Wildman–Crippen LogP) is 3.98. The van der Waals surface area contributed by atoms with E-state index < -0.39 is 0 Å². The Balaban J connectivity index is 2.08. The molecule has 5 heteroatoms. The molecule has 0 amide bonds. The van der Waals surface area contributed by atoms with Crippen molar-refractivity contribution in [1.82, 2.24) is 5.43 Å². The van der Waals surface area contributed by atoms with Crippen LogP contribution in [0.2, 0.25) is 5.02 Å². The molecule has 1 unspecified atom stereocenters. The molecule has 3 N–H and O–H groups in total. The standard InChI is InChI=1S/C16H16BrClN2O/c17-11-6-7-12(14(18)9-11)15(20-19)13-5-1-3-10-4-2-8-21-16(10)13/h1,3,5-7,9,15,20H,2,4,8,19H2. The van der Waals surface area contributed by atoms with Crippen LogP contribution in [0.1, 0.15) is 29.2 Å². The number of hydrazine groups is 1. The molecular weight excluding hydrogens is 352 g/mol. The zero-order chi connectivity index (χ0) is 14.8. The fourth-order valence-corrected chi connectivity index (χ4v) is 3.51. The molecule has 0 saturated carbocycles. The van der Waals surface area contributed by atoms with Crippen LogP contribution in [0.3, 0.4) is 0 Å². The third kappa shape index (κ3) is 2.94. The van der Waals surface area contributed by atoms with Crippen LogP contribution in [-0.4, -0.2) is 6.61 Å². The van der Waals surface area contributed by atoms with E-state index in [4.69, 9.17) is 22.2 Å². The van der Waals surface area contributed by atoms with Crippen molar-refractivity contribution in [2.75, 3.05) is 6.61 Å². The van der Waals surface area contributed by atoms with Gasteiger partial charge in [-0.2, -0.15) is 0 Å². The minimum atomic E-state index is -0.196. The van der Waals surface area contributed by atoms with E-state index in [0.717, 1.165) is 40.8 Å². The first kappa shape index (κ1) is 14.9. The first-order valence-corrected chi connectivity index (χ1v) is 8.03.